The van der Waals surface area contributed by atoms with Gasteiger partial charge >= 0.3 is 0 Å². The first kappa shape index (κ1) is 11.1. The van der Waals surface area contributed by atoms with Crippen LogP contribution in [0.2, 0.25) is 0 Å². The summed E-state index contributed by atoms with van der Waals surface area (Å²) in [6.07, 6.45) is -2.57. The van der Waals surface area contributed by atoms with Gasteiger partial charge in [-0.15, -0.1) is 0 Å². The third-order valence-electron chi connectivity index (χ3n) is 1.60. The SMILES string of the molecule is Cc1nn(CC(F)F)c(C(N)=O)c1Br. The Bertz CT molecular complexity index is 364. The molecule has 0 bridgehead atoms. The minimum absolute atomic E-state index is 0.0252. The van der Waals surface area contributed by atoms with Crippen molar-refractivity contribution in [3.05, 3.63) is 15.9 Å². The van der Waals surface area contributed by atoms with E-state index in [2.05, 4.69) is 21.0 Å². The Morgan fingerprint density at radius 3 is 2.71 bits per heavy atom. The maximum Gasteiger partial charge on any atom is 0.268 e. The Hall–Kier alpha value is -0.980. The second-order valence-corrected chi connectivity index (χ2v) is 3.48. The molecule has 14 heavy (non-hydrogen) atoms. The van der Waals surface area contributed by atoms with Gasteiger partial charge in [0.1, 0.15) is 12.2 Å². The fourth-order valence-electron chi connectivity index (χ4n) is 1.06. The summed E-state index contributed by atoms with van der Waals surface area (Å²) in [7, 11) is 0. The third kappa shape index (κ3) is 2.09. The molecule has 0 spiro atoms. The highest BCUT2D eigenvalue weighted by Gasteiger charge is 2.19. The molecule has 0 aliphatic rings. The summed E-state index contributed by atoms with van der Waals surface area (Å²) in [6.45, 7) is 0.962. The second-order valence-electron chi connectivity index (χ2n) is 2.69. The number of halogens is 3. The molecule has 0 aliphatic heterocycles. The maximum absolute atomic E-state index is 12.1. The smallest absolute Gasteiger partial charge is 0.268 e. The van der Waals surface area contributed by atoms with Gasteiger partial charge in [-0.3, -0.25) is 9.48 Å². The molecule has 78 valence electrons. The predicted octanol–water partition coefficient (Wildman–Crippen LogP) is 1.32. The highest BCUT2D eigenvalue weighted by Crippen LogP contribution is 2.20. The summed E-state index contributed by atoms with van der Waals surface area (Å²) in [5.41, 5.74) is 5.46. The minimum Gasteiger partial charge on any atom is -0.364 e. The van der Waals surface area contributed by atoms with Crippen LogP contribution in [0.25, 0.3) is 0 Å². The molecule has 1 heterocycles. The van der Waals surface area contributed by atoms with E-state index >= 15 is 0 Å². The van der Waals surface area contributed by atoms with Gasteiger partial charge in [-0.05, 0) is 22.9 Å². The van der Waals surface area contributed by atoms with Crippen molar-refractivity contribution in [1.29, 1.82) is 0 Å². The van der Waals surface area contributed by atoms with E-state index < -0.39 is 18.9 Å². The zero-order chi connectivity index (χ0) is 10.9. The first-order chi connectivity index (χ1) is 6.43. The van der Waals surface area contributed by atoms with E-state index in [4.69, 9.17) is 5.73 Å². The monoisotopic (exact) mass is 267 g/mol. The Balaban J connectivity index is 3.15. The topological polar surface area (TPSA) is 60.9 Å². The van der Waals surface area contributed by atoms with E-state index in [-0.39, 0.29) is 5.69 Å². The van der Waals surface area contributed by atoms with E-state index in [0.29, 0.717) is 10.2 Å². The van der Waals surface area contributed by atoms with Crippen molar-refractivity contribution in [2.75, 3.05) is 0 Å². The van der Waals surface area contributed by atoms with Crippen LogP contribution in [0.5, 0.6) is 0 Å². The van der Waals surface area contributed by atoms with E-state index in [1.54, 1.807) is 6.92 Å². The van der Waals surface area contributed by atoms with Crippen molar-refractivity contribution < 1.29 is 13.6 Å². The van der Waals surface area contributed by atoms with Crippen molar-refractivity contribution in [2.45, 2.75) is 19.9 Å². The number of alkyl halides is 2. The molecule has 1 rings (SSSR count). The number of rotatable bonds is 3. The van der Waals surface area contributed by atoms with E-state index in [9.17, 15) is 13.6 Å². The normalized spacial score (nSPS) is 10.9. The molecule has 0 fully saturated rings. The molecule has 2 N–H and O–H groups in total. The second kappa shape index (κ2) is 4.04. The molecule has 1 amide bonds. The number of aromatic nitrogens is 2. The molecule has 0 radical (unpaired) electrons. The molecule has 0 aliphatic carbocycles. The van der Waals surface area contributed by atoms with Crippen molar-refractivity contribution in [3.63, 3.8) is 0 Å². The molecule has 0 unspecified atom stereocenters. The van der Waals surface area contributed by atoms with Crippen LogP contribution in [-0.2, 0) is 6.54 Å². The first-order valence-corrected chi connectivity index (χ1v) is 4.53. The summed E-state index contributed by atoms with van der Waals surface area (Å²) >= 11 is 3.06. The summed E-state index contributed by atoms with van der Waals surface area (Å²) < 4.78 is 25.4. The molecule has 1 aromatic heterocycles. The number of nitrogens with two attached hydrogens (primary N) is 1. The number of nitrogens with zero attached hydrogens (tertiary/aromatic N) is 2. The fraction of sp³-hybridized carbons (Fsp3) is 0.429. The lowest BCUT2D eigenvalue weighted by Gasteiger charge is -2.03. The number of primary amides is 1. The van der Waals surface area contributed by atoms with E-state index in [1.807, 2.05) is 0 Å². The summed E-state index contributed by atoms with van der Waals surface area (Å²) in [6, 6.07) is 0. The lowest BCUT2D eigenvalue weighted by Crippen LogP contribution is -2.20. The number of amides is 1. The van der Waals surface area contributed by atoms with Crippen LogP contribution in [0, 0.1) is 6.92 Å². The van der Waals surface area contributed by atoms with Gasteiger partial charge in [0.15, 0.2) is 0 Å². The molecular formula is C7H8BrF2N3O. The van der Waals surface area contributed by atoms with E-state index in [0.717, 1.165) is 4.68 Å². The molecule has 7 heteroatoms. The zero-order valence-corrected chi connectivity index (χ0v) is 8.88. The Morgan fingerprint density at radius 2 is 2.29 bits per heavy atom. The quantitative estimate of drug-likeness (QED) is 0.898. The Labute approximate surface area is 87.2 Å². The highest BCUT2D eigenvalue weighted by molar-refractivity contribution is 9.10. The lowest BCUT2D eigenvalue weighted by molar-refractivity contribution is 0.0967. The molecule has 0 aromatic carbocycles. The van der Waals surface area contributed by atoms with Gasteiger partial charge in [-0.25, -0.2) is 8.78 Å². The van der Waals surface area contributed by atoms with Crippen LogP contribution in [0.15, 0.2) is 4.47 Å². The Kier molecular flexibility index (Phi) is 3.20. The third-order valence-corrected chi connectivity index (χ3v) is 2.55. The number of carbonyl (C=O) groups excluding carboxylic acids is 1. The number of hydrogen-bond donors (Lipinski definition) is 1. The van der Waals surface area contributed by atoms with Gasteiger partial charge in [-0.1, -0.05) is 0 Å². The number of carbonyl (C=O) groups is 1. The summed E-state index contributed by atoms with van der Waals surface area (Å²) in [4.78, 5) is 10.9. The molecule has 0 saturated heterocycles. The van der Waals surface area contributed by atoms with Gasteiger partial charge in [0, 0.05) is 0 Å². The predicted molar refractivity (Wildman–Crippen MR) is 49.2 cm³/mol. The largest absolute Gasteiger partial charge is 0.364 e. The molecule has 1 aromatic rings. The lowest BCUT2D eigenvalue weighted by atomic mass is 10.3. The maximum atomic E-state index is 12.1. The minimum atomic E-state index is -2.57. The van der Waals surface area contributed by atoms with Gasteiger partial charge < -0.3 is 5.73 Å². The zero-order valence-electron chi connectivity index (χ0n) is 7.30. The van der Waals surface area contributed by atoms with Crippen LogP contribution in [0.3, 0.4) is 0 Å². The standard InChI is InChI=1S/C7H8BrF2N3O/c1-3-5(8)6(7(11)14)13(12-3)2-4(9)10/h4H,2H2,1H3,(H2,11,14). The summed E-state index contributed by atoms with van der Waals surface area (Å²) in [5.74, 6) is -0.780. The highest BCUT2D eigenvalue weighted by atomic mass is 79.9. The van der Waals surface area contributed by atoms with Gasteiger partial charge in [0.2, 0.25) is 0 Å². The number of hydrogen-bond acceptors (Lipinski definition) is 2. The van der Waals surface area contributed by atoms with Crippen molar-refractivity contribution in [2.24, 2.45) is 5.73 Å². The fourth-order valence-corrected chi connectivity index (χ4v) is 1.54. The van der Waals surface area contributed by atoms with Crippen LogP contribution in [-0.4, -0.2) is 22.1 Å². The van der Waals surface area contributed by atoms with Crippen LogP contribution in [0.4, 0.5) is 8.78 Å². The van der Waals surface area contributed by atoms with Gasteiger partial charge in [0.25, 0.3) is 12.3 Å². The van der Waals surface area contributed by atoms with Crippen LogP contribution >= 0.6 is 15.9 Å². The van der Waals surface area contributed by atoms with Crippen molar-refractivity contribution >= 4 is 21.8 Å². The van der Waals surface area contributed by atoms with Gasteiger partial charge in [0.05, 0.1) is 10.2 Å². The van der Waals surface area contributed by atoms with Crippen LogP contribution < -0.4 is 5.73 Å². The Morgan fingerprint density at radius 1 is 1.71 bits per heavy atom. The average Bonchev–Trinajstić information content (AvgIpc) is 2.26. The molecule has 0 atom stereocenters. The van der Waals surface area contributed by atoms with E-state index in [1.165, 1.54) is 0 Å². The van der Waals surface area contributed by atoms with Gasteiger partial charge in [-0.2, -0.15) is 5.10 Å². The summed E-state index contributed by atoms with van der Waals surface area (Å²) in [5, 5.41) is 3.76. The molecule has 0 saturated carbocycles. The molecule has 4 nitrogen and oxygen atoms in total. The van der Waals surface area contributed by atoms with Crippen LogP contribution in [0.1, 0.15) is 16.2 Å². The van der Waals surface area contributed by atoms with Crippen molar-refractivity contribution in [1.82, 2.24) is 9.78 Å². The average molecular weight is 268 g/mol. The first-order valence-electron chi connectivity index (χ1n) is 3.74. The number of aryl methyl sites for hydroxylation is 1. The molecular weight excluding hydrogens is 260 g/mol. The van der Waals surface area contributed by atoms with Crippen molar-refractivity contribution in [3.8, 4) is 0 Å².